The quantitative estimate of drug-likeness (QED) is 0.177. The Hall–Kier alpha value is -4.42. The van der Waals surface area contributed by atoms with Crippen LogP contribution in [0.1, 0.15) is 99.2 Å². The number of aliphatic imine (C=N–C) groups is 1. The molecule has 5 aliphatic rings. The molecule has 1 saturated carbocycles. The number of Topliss-reactive ketones (excluding diaryl/α,β-unsaturated/α-hetero) is 1. The maximum Gasteiger partial charge on any atom is 0.187 e. The molecule has 0 unspecified atom stereocenters. The first-order valence-electron chi connectivity index (χ1n) is 18.6. The van der Waals surface area contributed by atoms with Gasteiger partial charge in [-0.2, -0.15) is 0 Å². The summed E-state index contributed by atoms with van der Waals surface area (Å²) < 4.78 is 13.1. The molecule has 7 N–H and O–H groups in total. The number of carbonyl (C=O) groups is 1. The highest BCUT2D eigenvalue weighted by atomic mass is 16.5. The maximum atomic E-state index is 12.8. The Labute approximate surface area is 305 Å². The van der Waals surface area contributed by atoms with Gasteiger partial charge in [-0.25, -0.2) is 0 Å². The number of fused-ring (bicyclic) bond motifs is 6. The van der Waals surface area contributed by atoms with E-state index in [4.69, 9.17) is 25.9 Å². The summed E-state index contributed by atoms with van der Waals surface area (Å²) in [5.41, 5.74) is 17.8. The van der Waals surface area contributed by atoms with E-state index in [1.54, 1.807) is 0 Å². The van der Waals surface area contributed by atoms with E-state index in [9.17, 15) is 20.1 Å². The van der Waals surface area contributed by atoms with E-state index >= 15 is 0 Å². The molecule has 7 rings (SSSR count). The highest BCUT2D eigenvalue weighted by Crippen LogP contribution is 2.49. The van der Waals surface area contributed by atoms with Crippen molar-refractivity contribution in [3.63, 3.8) is 0 Å². The first-order valence-corrected chi connectivity index (χ1v) is 18.6. The van der Waals surface area contributed by atoms with Crippen LogP contribution in [0.2, 0.25) is 0 Å². The fourth-order valence-electron chi connectivity index (χ4n) is 8.18. The Bertz CT molecular complexity index is 1920. The normalized spacial score (nSPS) is 23.5. The van der Waals surface area contributed by atoms with Crippen LogP contribution in [0.25, 0.3) is 0 Å². The molecule has 4 aliphatic heterocycles. The maximum absolute atomic E-state index is 12.8. The molecule has 0 amide bonds. The first-order chi connectivity index (χ1) is 25.1. The molecule has 5 atom stereocenters. The van der Waals surface area contributed by atoms with Crippen LogP contribution in [0.4, 0.5) is 0 Å². The van der Waals surface area contributed by atoms with E-state index < -0.39 is 42.0 Å². The van der Waals surface area contributed by atoms with E-state index in [0.29, 0.717) is 42.9 Å². The van der Waals surface area contributed by atoms with Crippen LogP contribution in [0, 0.1) is 35.2 Å². The Balaban J connectivity index is 1.22. The van der Waals surface area contributed by atoms with Crippen molar-refractivity contribution in [2.45, 2.75) is 108 Å². The van der Waals surface area contributed by atoms with Gasteiger partial charge in [0.2, 0.25) is 0 Å². The molecule has 1 spiro atoms. The molecule has 4 heterocycles. The van der Waals surface area contributed by atoms with Crippen LogP contribution >= 0.6 is 0 Å². The van der Waals surface area contributed by atoms with Crippen LogP contribution < -0.4 is 20.9 Å². The second-order valence-corrected chi connectivity index (χ2v) is 14.8. The third-order valence-electron chi connectivity index (χ3n) is 11.0. The molecule has 2 aromatic rings. The fourth-order valence-corrected chi connectivity index (χ4v) is 8.18. The van der Waals surface area contributed by atoms with Crippen molar-refractivity contribution >= 4 is 11.5 Å². The number of ketones is 1. The first kappa shape index (κ1) is 36.0. The van der Waals surface area contributed by atoms with Gasteiger partial charge >= 0.3 is 0 Å². The minimum absolute atomic E-state index is 0.00736. The van der Waals surface area contributed by atoms with Crippen molar-refractivity contribution in [1.29, 1.82) is 0 Å². The van der Waals surface area contributed by atoms with Crippen LogP contribution in [0.5, 0.6) is 11.5 Å². The summed E-state index contributed by atoms with van der Waals surface area (Å²) in [6.07, 6.45) is 9.70. The molecule has 272 valence electrons. The number of aliphatic hydroxyl groups excluding tert-OH is 3. The van der Waals surface area contributed by atoms with Crippen molar-refractivity contribution in [1.82, 2.24) is 4.90 Å². The number of nitrogens with two attached hydrogens (primary N) is 2. The number of hydrogen-bond donors (Lipinski definition) is 5. The Morgan fingerprint density at radius 2 is 1.92 bits per heavy atom. The number of nitrogens with zero attached hydrogens (tertiary/aromatic N) is 2. The smallest absolute Gasteiger partial charge is 0.187 e. The predicted molar refractivity (Wildman–Crippen MR) is 197 cm³/mol. The van der Waals surface area contributed by atoms with E-state index in [1.165, 1.54) is 0 Å². The van der Waals surface area contributed by atoms with Gasteiger partial charge < -0.3 is 41.2 Å². The summed E-state index contributed by atoms with van der Waals surface area (Å²) in [6, 6.07) is 11.3. The van der Waals surface area contributed by atoms with Crippen molar-refractivity contribution in [3.8, 4) is 35.4 Å². The lowest BCUT2D eigenvalue weighted by molar-refractivity contribution is -0.121. The lowest BCUT2D eigenvalue weighted by Crippen LogP contribution is -2.47. The van der Waals surface area contributed by atoms with Crippen LogP contribution in [0.15, 0.2) is 64.9 Å². The van der Waals surface area contributed by atoms with Gasteiger partial charge in [0, 0.05) is 37.2 Å². The minimum atomic E-state index is -1.07. The third kappa shape index (κ3) is 7.54. The third-order valence-corrected chi connectivity index (χ3v) is 11.0. The molecule has 2 aromatic carbocycles. The molecular formula is C42H48N4O6. The molecule has 1 fully saturated rings. The zero-order chi connectivity index (χ0) is 36.4. The summed E-state index contributed by atoms with van der Waals surface area (Å²) in [7, 11) is 0. The number of carbonyl (C=O) groups excluding carboxylic acids is 1. The zero-order valence-electron chi connectivity index (χ0n) is 29.7. The van der Waals surface area contributed by atoms with Crippen LogP contribution in [0.3, 0.4) is 0 Å². The average molecular weight is 705 g/mol. The number of allylic oxidation sites excluding steroid dienone is 1. The van der Waals surface area contributed by atoms with Gasteiger partial charge in [0.25, 0.3) is 0 Å². The monoisotopic (exact) mass is 704 g/mol. The highest BCUT2D eigenvalue weighted by Gasteiger charge is 2.48. The van der Waals surface area contributed by atoms with Crippen LogP contribution in [-0.2, 0) is 17.6 Å². The summed E-state index contributed by atoms with van der Waals surface area (Å²) in [6.45, 7) is 2.49. The van der Waals surface area contributed by atoms with Gasteiger partial charge in [-0.15, -0.1) is 0 Å². The summed E-state index contributed by atoms with van der Waals surface area (Å²) in [5, 5.41) is 32.1. The van der Waals surface area contributed by atoms with E-state index in [-0.39, 0.29) is 25.0 Å². The van der Waals surface area contributed by atoms with Gasteiger partial charge in [-0.1, -0.05) is 68.2 Å². The molecule has 0 saturated heterocycles. The number of aliphatic hydroxyl groups is 3. The van der Waals surface area contributed by atoms with Gasteiger partial charge in [-0.3, -0.25) is 9.79 Å². The SMILES string of the molecule is CCC[C@H](O)C[C@@H](O)CC(=O)CCc1ccc2c(c1)O[C@@H]1[C@@H](C#C[C@H](O)c3ccc(C(N)N)cc3CC3=CN=C4CN1C=C34)C1(C#CO2)CCCC1. The molecule has 0 radical (unpaired) electrons. The summed E-state index contributed by atoms with van der Waals surface area (Å²) in [4.78, 5) is 19.8. The van der Waals surface area contributed by atoms with E-state index in [2.05, 4.69) is 35.0 Å². The lowest BCUT2D eigenvalue weighted by atomic mass is 9.73. The molecule has 2 bridgehead atoms. The number of rotatable bonds is 10. The standard InChI is InChI=1S/C42H48N4O6/c1-2-5-30(47)21-32(49)22-31(48)9-6-26-7-13-38-39(18-26)52-41-35(42(16-17-51-38)14-3-4-15-42)11-12-37(50)33-10-8-27(40(43)44)19-28(33)20-29-23-45-36-25-46(41)24-34(29)36/h7-8,10,13,18-19,23-24,30,32,35,37,40-41,47,49-50H,2-6,9,14-15,20-22,25,43-44H2,1H3/t30-,32+,35+,37-,41+/m0/s1. The lowest BCUT2D eigenvalue weighted by Gasteiger charge is -2.39. The molecule has 52 heavy (non-hydrogen) atoms. The second-order valence-electron chi connectivity index (χ2n) is 14.8. The average Bonchev–Trinajstić information content (AvgIpc) is 3.85. The fraction of sp³-hybridized carbons (Fsp3) is 0.476. The van der Waals surface area contributed by atoms with E-state index in [0.717, 1.165) is 65.7 Å². The van der Waals surface area contributed by atoms with Gasteiger partial charge in [0.15, 0.2) is 17.7 Å². The van der Waals surface area contributed by atoms with E-state index in [1.807, 2.05) is 49.5 Å². The molecule has 1 aliphatic carbocycles. The molecule has 0 aromatic heterocycles. The van der Waals surface area contributed by atoms with Gasteiger partial charge in [0.05, 0.1) is 42.0 Å². The number of hydrogen-bond acceptors (Lipinski definition) is 10. The molecular weight excluding hydrogens is 656 g/mol. The van der Waals surface area contributed by atoms with Crippen molar-refractivity contribution in [2.75, 3.05) is 6.54 Å². The predicted octanol–water partition coefficient (Wildman–Crippen LogP) is 4.47. The highest BCUT2D eigenvalue weighted by molar-refractivity contribution is 6.09. The topological polar surface area (TPSA) is 164 Å². The van der Waals surface area contributed by atoms with Gasteiger partial charge in [-0.05, 0) is 72.1 Å². The molecule has 10 nitrogen and oxygen atoms in total. The Morgan fingerprint density at radius 1 is 1.10 bits per heavy atom. The Kier molecular flexibility index (Phi) is 10.6. The second kappa shape index (κ2) is 15.3. The van der Waals surface area contributed by atoms with Crippen molar-refractivity contribution in [3.05, 3.63) is 82.2 Å². The largest absolute Gasteiger partial charge is 0.465 e. The molecule has 10 heteroatoms. The number of aryl methyl sites for hydroxylation is 1. The minimum Gasteiger partial charge on any atom is -0.465 e. The zero-order valence-corrected chi connectivity index (χ0v) is 29.7. The summed E-state index contributed by atoms with van der Waals surface area (Å²) >= 11 is 0. The van der Waals surface area contributed by atoms with Crippen LogP contribution in [-0.4, -0.2) is 56.7 Å². The Morgan fingerprint density at radius 3 is 2.71 bits per heavy atom. The van der Waals surface area contributed by atoms with Crippen molar-refractivity contribution < 1.29 is 29.6 Å². The number of ether oxygens (including phenoxy) is 2. The number of benzene rings is 2. The summed E-state index contributed by atoms with van der Waals surface area (Å²) in [5.74, 6) is 10.7. The van der Waals surface area contributed by atoms with Gasteiger partial charge in [0.1, 0.15) is 18.0 Å². The van der Waals surface area contributed by atoms with Crippen molar-refractivity contribution in [2.24, 2.45) is 27.8 Å².